The number of ether oxygens (including phenoxy) is 2. The molecule has 0 radical (unpaired) electrons. The summed E-state index contributed by atoms with van der Waals surface area (Å²) in [5.74, 6) is 1.10. The number of benzene rings is 2. The fraction of sp³-hybridized carbons (Fsp3) is 0.464. The minimum Gasteiger partial charge on any atom is -0.489 e. The van der Waals surface area contributed by atoms with Gasteiger partial charge >= 0.3 is 0 Å². The van der Waals surface area contributed by atoms with Crippen LogP contribution in [0.1, 0.15) is 65.6 Å². The molecule has 2 fully saturated rings. The lowest BCUT2D eigenvalue weighted by atomic mass is 9.92. The molecule has 2 heterocycles. The molecule has 2 aromatic rings. The van der Waals surface area contributed by atoms with Gasteiger partial charge in [-0.1, -0.05) is 30.3 Å². The second-order valence-corrected chi connectivity index (χ2v) is 9.65. The Bertz CT molecular complexity index is 1070. The maximum Gasteiger partial charge on any atom is 0.255 e. The van der Waals surface area contributed by atoms with Gasteiger partial charge in [0.1, 0.15) is 18.1 Å². The SMILES string of the molecule is O=C1CCC(N2Cc3c(OCc4ccc(CCC5CCOCC5)cc4)cccc3C2=O)C(=O)C1. The third kappa shape index (κ3) is 4.92. The van der Waals surface area contributed by atoms with E-state index in [2.05, 4.69) is 24.3 Å². The first kappa shape index (κ1) is 22.8. The van der Waals surface area contributed by atoms with Gasteiger partial charge in [0, 0.05) is 30.8 Å². The lowest BCUT2D eigenvalue weighted by Gasteiger charge is -2.29. The predicted molar refractivity (Wildman–Crippen MR) is 127 cm³/mol. The number of carbonyl (C=O) groups excluding carboxylic acids is 3. The van der Waals surface area contributed by atoms with Crippen LogP contribution in [0.15, 0.2) is 42.5 Å². The van der Waals surface area contributed by atoms with Gasteiger partial charge in [-0.15, -0.1) is 0 Å². The van der Waals surface area contributed by atoms with E-state index in [1.54, 1.807) is 11.0 Å². The minimum absolute atomic E-state index is 0.0379. The molecule has 6 nitrogen and oxygen atoms in total. The zero-order valence-corrected chi connectivity index (χ0v) is 19.5. The van der Waals surface area contributed by atoms with Gasteiger partial charge in [0.15, 0.2) is 5.78 Å². The lowest BCUT2D eigenvalue weighted by Crippen LogP contribution is -2.44. The monoisotopic (exact) mass is 461 g/mol. The molecule has 0 spiro atoms. The van der Waals surface area contributed by atoms with Gasteiger partial charge in [0.2, 0.25) is 0 Å². The molecule has 0 aromatic heterocycles. The van der Waals surface area contributed by atoms with Crippen LogP contribution in [0.25, 0.3) is 0 Å². The van der Waals surface area contributed by atoms with Crippen LogP contribution >= 0.6 is 0 Å². The smallest absolute Gasteiger partial charge is 0.255 e. The molecule has 0 bridgehead atoms. The van der Waals surface area contributed by atoms with Crippen LogP contribution in [-0.4, -0.2) is 41.6 Å². The van der Waals surface area contributed by atoms with Crippen molar-refractivity contribution in [2.24, 2.45) is 5.92 Å². The van der Waals surface area contributed by atoms with E-state index >= 15 is 0 Å². The molecule has 1 unspecified atom stereocenters. The van der Waals surface area contributed by atoms with Crippen LogP contribution in [0.5, 0.6) is 5.75 Å². The van der Waals surface area contributed by atoms with Crippen LogP contribution in [0.2, 0.25) is 0 Å². The van der Waals surface area contributed by atoms with Crippen molar-refractivity contribution in [2.75, 3.05) is 13.2 Å². The third-order valence-corrected chi connectivity index (χ3v) is 7.37. The van der Waals surface area contributed by atoms with Gasteiger partial charge in [-0.2, -0.15) is 0 Å². The molecule has 1 atom stereocenters. The van der Waals surface area contributed by atoms with Crippen molar-refractivity contribution >= 4 is 17.5 Å². The number of carbonyl (C=O) groups is 3. The standard InChI is InChI=1S/C28H31NO5/c30-22-10-11-25(26(31)16-22)29-17-24-23(28(29)32)2-1-3-27(24)34-18-21-8-6-19(7-9-21)4-5-20-12-14-33-15-13-20/h1-3,6-9,20,25H,4-5,10-18H2. The molecule has 0 N–H and O–H groups in total. The molecule has 3 aliphatic rings. The Balaban J connectivity index is 1.19. The summed E-state index contributed by atoms with van der Waals surface area (Å²) in [4.78, 5) is 38.6. The average Bonchev–Trinajstić information content (AvgIpc) is 3.19. The maximum absolute atomic E-state index is 13.0. The highest BCUT2D eigenvalue weighted by Crippen LogP contribution is 2.34. The summed E-state index contributed by atoms with van der Waals surface area (Å²) in [7, 11) is 0. The Morgan fingerprint density at radius 1 is 0.941 bits per heavy atom. The molecule has 6 heteroatoms. The van der Waals surface area contributed by atoms with Crippen LogP contribution in [0, 0.1) is 5.92 Å². The maximum atomic E-state index is 13.0. The second kappa shape index (κ2) is 10.1. The van der Waals surface area contributed by atoms with Gasteiger partial charge < -0.3 is 14.4 Å². The fourth-order valence-electron chi connectivity index (χ4n) is 5.27. The highest BCUT2D eigenvalue weighted by atomic mass is 16.5. The van der Waals surface area contributed by atoms with E-state index in [9.17, 15) is 14.4 Å². The van der Waals surface area contributed by atoms with E-state index in [1.807, 2.05) is 12.1 Å². The van der Waals surface area contributed by atoms with E-state index < -0.39 is 6.04 Å². The molecule has 178 valence electrons. The summed E-state index contributed by atoms with van der Waals surface area (Å²) in [6.45, 7) is 2.55. The second-order valence-electron chi connectivity index (χ2n) is 9.65. The summed E-state index contributed by atoms with van der Waals surface area (Å²) in [5, 5.41) is 0. The third-order valence-electron chi connectivity index (χ3n) is 7.37. The number of rotatable bonds is 7. The predicted octanol–water partition coefficient (Wildman–Crippen LogP) is 4.27. The van der Waals surface area contributed by atoms with Crippen LogP contribution < -0.4 is 4.74 Å². The van der Waals surface area contributed by atoms with Gasteiger partial charge in [-0.05, 0) is 61.3 Å². The van der Waals surface area contributed by atoms with Crippen LogP contribution in [0.3, 0.4) is 0 Å². The summed E-state index contributed by atoms with van der Waals surface area (Å²) in [6, 6.07) is 13.5. The van der Waals surface area contributed by atoms with E-state index in [0.29, 0.717) is 37.3 Å². The van der Waals surface area contributed by atoms with Crippen molar-refractivity contribution in [1.29, 1.82) is 0 Å². The Hall–Kier alpha value is -2.99. The first-order valence-electron chi connectivity index (χ1n) is 12.3. The highest BCUT2D eigenvalue weighted by Gasteiger charge is 2.39. The largest absolute Gasteiger partial charge is 0.489 e. The van der Waals surface area contributed by atoms with E-state index in [4.69, 9.17) is 9.47 Å². The summed E-state index contributed by atoms with van der Waals surface area (Å²) >= 11 is 0. The minimum atomic E-state index is -0.515. The van der Waals surface area contributed by atoms with Crippen LogP contribution in [-0.2, 0) is 33.9 Å². The van der Waals surface area contributed by atoms with Gasteiger partial charge in [0.05, 0.1) is 19.0 Å². The Morgan fingerprint density at radius 3 is 2.47 bits per heavy atom. The van der Waals surface area contributed by atoms with Crippen molar-refractivity contribution in [3.63, 3.8) is 0 Å². The zero-order chi connectivity index (χ0) is 23.5. The first-order chi connectivity index (χ1) is 16.6. The Labute approximate surface area is 200 Å². The normalized spacial score (nSPS) is 21.1. The average molecular weight is 462 g/mol. The Kier molecular flexibility index (Phi) is 6.77. The zero-order valence-electron chi connectivity index (χ0n) is 19.5. The molecule has 1 aliphatic carbocycles. The van der Waals surface area contributed by atoms with Gasteiger partial charge in [0.25, 0.3) is 5.91 Å². The molecule has 1 amide bonds. The number of fused-ring (bicyclic) bond motifs is 1. The van der Waals surface area contributed by atoms with Crippen molar-refractivity contribution < 1.29 is 23.9 Å². The molecule has 1 saturated carbocycles. The number of ketones is 2. The number of hydrogen-bond acceptors (Lipinski definition) is 5. The van der Waals surface area contributed by atoms with Gasteiger partial charge in [-0.3, -0.25) is 14.4 Å². The van der Waals surface area contributed by atoms with Gasteiger partial charge in [-0.25, -0.2) is 0 Å². The summed E-state index contributed by atoms with van der Waals surface area (Å²) in [5.41, 5.74) is 3.83. The number of aryl methyl sites for hydroxylation is 1. The number of amides is 1. The summed E-state index contributed by atoms with van der Waals surface area (Å²) < 4.78 is 11.6. The molecule has 2 aliphatic heterocycles. The Morgan fingerprint density at radius 2 is 1.71 bits per heavy atom. The van der Waals surface area contributed by atoms with E-state index in [0.717, 1.165) is 36.7 Å². The van der Waals surface area contributed by atoms with Crippen molar-refractivity contribution in [1.82, 2.24) is 4.90 Å². The van der Waals surface area contributed by atoms with E-state index in [-0.39, 0.29) is 23.9 Å². The summed E-state index contributed by atoms with van der Waals surface area (Å²) in [6.07, 6.45) is 5.32. The van der Waals surface area contributed by atoms with Crippen molar-refractivity contribution in [3.8, 4) is 5.75 Å². The highest BCUT2D eigenvalue weighted by molar-refractivity contribution is 6.07. The molecular weight excluding hydrogens is 430 g/mol. The van der Waals surface area contributed by atoms with E-state index in [1.165, 1.54) is 24.8 Å². The molecule has 34 heavy (non-hydrogen) atoms. The molecule has 1 saturated heterocycles. The molecular formula is C28H31NO5. The topological polar surface area (TPSA) is 72.9 Å². The fourth-order valence-corrected chi connectivity index (χ4v) is 5.27. The number of hydrogen-bond donors (Lipinski definition) is 0. The number of Topliss-reactive ketones (excluding diaryl/α,β-unsaturated/α-hetero) is 2. The van der Waals surface area contributed by atoms with Crippen molar-refractivity contribution in [3.05, 3.63) is 64.7 Å². The molecule has 5 rings (SSSR count). The van der Waals surface area contributed by atoms with Crippen molar-refractivity contribution in [2.45, 2.75) is 64.1 Å². The quantitative estimate of drug-likeness (QED) is 0.576. The molecule has 2 aromatic carbocycles. The van der Waals surface area contributed by atoms with Crippen LogP contribution in [0.4, 0.5) is 0 Å². The lowest BCUT2D eigenvalue weighted by molar-refractivity contribution is -0.133. The first-order valence-corrected chi connectivity index (χ1v) is 12.3. The number of nitrogens with zero attached hydrogens (tertiary/aromatic N) is 1.